The molecule has 2 aromatic heterocycles. The van der Waals surface area contributed by atoms with Gasteiger partial charge in [0.25, 0.3) is 0 Å². The number of alkyl halides is 5. The van der Waals surface area contributed by atoms with E-state index in [2.05, 4.69) is 15.4 Å². The first-order valence-electron chi connectivity index (χ1n) is 6.96. The van der Waals surface area contributed by atoms with Crippen molar-refractivity contribution in [2.24, 2.45) is 0 Å². The smallest absolute Gasteiger partial charge is 0.375 e. The zero-order valence-corrected chi connectivity index (χ0v) is 12.8. The van der Waals surface area contributed by atoms with Crippen LogP contribution in [0.15, 0.2) is 4.52 Å². The van der Waals surface area contributed by atoms with Gasteiger partial charge < -0.3 is 14.2 Å². The van der Waals surface area contributed by atoms with Crippen molar-refractivity contribution in [1.29, 1.82) is 0 Å². The number of hydrogen-bond donors (Lipinski definition) is 1. The van der Waals surface area contributed by atoms with E-state index in [1.54, 1.807) is 0 Å². The van der Waals surface area contributed by atoms with E-state index in [-0.39, 0.29) is 23.7 Å². The second-order valence-corrected chi connectivity index (χ2v) is 6.09. The third kappa shape index (κ3) is 2.21. The molecule has 0 amide bonds. The minimum atomic E-state index is -4.98. The van der Waals surface area contributed by atoms with Crippen molar-refractivity contribution in [1.82, 2.24) is 19.9 Å². The molecular weight excluding hydrogens is 339 g/mol. The molecule has 0 radical (unpaired) electrons. The summed E-state index contributed by atoms with van der Waals surface area (Å²) in [5.41, 5.74) is -3.95. The summed E-state index contributed by atoms with van der Waals surface area (Å²) in [5.74, 6) is -4.90. The Morgan fingerprint density at radius 3 is 2.33 bits per heavy atom. The zero-order valence-electron chi connectivity index (χ0n) is 12.8. The summed E-state index contributed by atoms with van der Waals surface area (Å²) < 4.78 is 72.4. The molecule has 2 atom stereocenters. The van der Waals surface area contributed by atoms with Gasteiger partial charge in [0.05, 0.1) is 0 Å². The first-order chi connectivity index (χ1) is 10.9. The van der Waals surface area contributed by atoms with Gasteiger partial charge in [-0.25, -0.2) is 0 Å². The molecule has 0 saturated heterocycles. The van der Waals surface area contributed by atoms with Gasteiger partial charge >= 0.3 is 12.1 Å². The fourth-order valence-corrected chi connectivity index (χ4v) is 2.73. The highest BCUT2D eigenvalue weighted by Gasteiger charge is 2.56. The van der Waals surface area contributed by atoms with Gasteiger partial charge in [-0.1, -0.05) is 12.1 Å². The van der Waals surface area contributed by atoms with Gasteiger partial charge in [0.1, 0.15) is 5.69 Å². The van der Waals surface area contributed by atoms with Crippen LogP contribution in [0.2, 0.25) is 0 Å². The average molecular weight is 352 g/mol. The number of aliphatic hydroxyl groups is 1. The molecule has 132 valence electrons. The maximum absolute atomic E-state index is 13.6. The lowest BCUT2D eigenvalue weighted by Crippen LogP contribution is -2.40. The first kappa shape index (κ1) is 16.8. The molecule has 6 nitrogen and oxygen atoms in total. The Morgan fingerprint density at radius 1 is 1.17 bits per heavy atom. The number of nitrogens with zero attached hydrogens (tertiary/aromatic N) is 4. The number of rotatable bonds is 2. The van der Waals surface area contributed by atoms with E-state index in [0.29, 0.717) is 13.8 Å². The second kappa shape index (κ2) is 4.74. The Bertz CT molecular complexity index is 787. The maximum atomic E-state index is 13.6. The summed E-state index contributed by atoms with van der Waals surface area (Å²) in [6.07, 6.45) is -4.98. The molecule has 11 heteroatoms. The molecule has 0 bridgehead atoms. The molecule has 3 heterocycles. The first-order valence-corrected chi connectivity index (χ1v) is 6.96. The van der Waals surface area contributed by atoms with Gasteiger partial charge in [-0.15, -0.1) is 10.2 Å². The van der Waals surface area contributed by atoms with Crippen molar-refractivity contribution >= 4 is 0 Å². The standard InChI is InChI=1S/C13H13F5N4O2/c1-5-4-22-9(19-20-10(22)12(3,14)15)7-6(5)8(21-24-7)11(2,23)13(16,17)18/h5,23H,4H2,1-3H3/t5-,11+/m0/s1. The van der Waals surface area contributed by atoms with Crippen LogP contribution < -0.4 is 0 Å². The van der Waals surface area contributed by atoms with Crippen molar-refractivity contribution in [2.75, 3.05) is 0 Å². The molecule has 0 spiro atoms. The largest absolute Gasteiger partial charge is 0.422 e. The van der Waals surface area contributed by atoms with Gasteiger partial charge in [0.15, 0.2) is 0 Å². The number of aromatic nitrogens is 4. The monoisotopic (exact) mass is 352 g/mol. The number of hydrogen-bond acceptors (Lipinski definition) is 5. The van der Waals surface area contributed by atoms with E-state index < -0.39 is 35.1 Å². The van der Waals surface area contributed by atoms with E-state index in [0.717, 1.165) is 4.57 Å². The number of halogens is 5. The van der Waals surface area contributed by atoms with Crippen molar-refractivity contribution in [3.8, 4) is 11.6 Å². The second-order valence-electron chi connectivity index (χ2n) is 6.09. The van der Waals surface area contributed by atoms with Crippen LogP contribution in [0.1, 0.15) is 43.8 Å². The lowest BCUT2D eigenvalue weighted by molar-refractivity contribution is -0.261. The molecule has 1 N–H and O–H groups in total. The van der Waals surface area contributed by atoms with Crippen molar-refractivity contribution < 1.29 is 31.6 Å². The van der Waals surface area contributed by atoms with Gasteiger partial charge in [0.2, 0.25) is 23.0 Å². The van der Waals surface area contributed by atoms with Crippen LogP contribution in [0.3, 0.4) is 0 Å². The van der Waals surface area contributed by atoms with Crippen LogP contribution >= 0.6 is 0 Å². The van der Waals surface area contributed by atoms with E-state index >= 15 is 0 Å². The molecule has 1 aliphatic heterocycles. The molecular formula is C13H13F5N4O2. The van der Waals surface area contributed by atoms with Crippen LogP contribution in [0.4, 0.5) is 22.0 Å². The van der Waals surface area contributed by atoms with Crippen molar-refractivity contribution in [2.45, 2.75) is 50.9 Å². The Hall–Kier alpha value is -2.04. The van der Waals surface area contributed by atoms with Gasteiger partial charge in [-0.3, -0.25) is 0 Å². The SMILES string of the molecule is C[C@H]1Cn2c(nnc2C(C)(F)F)-c2onc([C@@](C)(O)C(F)(F)F)c21. The Kier molecular flexibility index (Phi) is 3.32. The van der Waals surface area contributed by atoms with E-state index in [1.165, 1.54) is 6.92 Å². The van der Waals surface area contributed by atoms with Crippen LogP contribution in [0.25, 0.3) is 11.6 Å². The third-order valence-electron chi connectivity index (χ3n) is 4.04. The van der Waals surface area contributed by atoms with E-state index in [9.17, 15) is 27.1 Å². The van der Waals surface area contributed by atoms with Crippen molar-refractivity contribution in [3.05, 3.63) is 17.1 Å². The van der Waals surface area contributed by atoms with Crippen molar-refractivity contribution in [3.63, 3.8) is 0 Å². The zero-order chi connectivity index (χ0) is 18.1. The van der Waals surface area contributed by atoms with Gasteiger partial charge in [0, 0.05) is 24.9 Å². The van der Waals surface area contributed by atoms with E-state index in [1.807, 2.05) is 0 Å². The molecule has 0 aliphatic carbocycles. The summed E-state index contributed by atoms with van der Waals surface area (Å²) in [5, 5.41) is 20.2. The maximum Gasteiger partial charge on any atom is 0.422 e. The highest BCUT2D eigenvalue weighted by Crippen LogP contribution is 2.46. The molecule has 24 heavy (non-hydrogen) atoms. The Labute approximate surface area is 132 Å². The van der Waals surface area contributed by atoms with Crippen LogP contribution in [0.5, 0.6) is 0 Å². The fourth-order valence-electron chi connectivity index (χ4n) is 2.73. The van der Waals surface area contributed by atoms with Gasteiger partial charge in [-0.2, -0.15) is 22.0 Å². The lowest BCUT2D eigenvalue weighted by Gasteiger charge is -2.28. The highest BCUT2D eigenvalue weighted by atomic mass is 19.4. The predicted molar refractivity (Wildman–Crippen MR) is 69.1 cm³/mol. The molecule has 0 saturated carbocycles. The molecule has 2 aromatic rings. The minimum Gasteiger partial charge on any atom is -0.375 e. The predicted octanol–water partition coefficient (Wildman–Crippen LogP) is 2.93. The third-order valence-corrected chi connectivity index (χ3v) is 4.04. The molecule has 0 fully saturated rings. The highest BCUT2D eigenvalue weighted by molar-refractivity contribution is 5.59. The normalized spacial score (nSPS) is 20.5. The van der Waals surface area contributed by atoms with E-state index in [4.69, 9.17) is 4.52 Å². The topological polar surface area (TPSA) is 77.0 Å². The van der Waals surface area contributed by atoms with Crippen LogP contribution in [-0.2, 0) is 18.1 Å². The molecule has 1 aliphatic rings. The summed E-state index contributed by atoms with van der Waals surface area (Å²) in [4.78, 5) is 0. The summed E-state index contributed by atoms with van der Waals surface area (Å²) >= 11 is 0. The average Bonchev–Trinajstić information content (AvgIpc) is 2.99. The summed E-state index contributed by atoms with van der Waals surface area (Å²) in [6, 6.07) is 0. The minimum absolute atomic E-state index is 0.0109. The summed E-state index contributed by atoms with van der Waals surface area (Å²) in [7, 11) is 0. The van der Waals surface area contributed by atoms with Gasteiger partial charge in [-0.05, 0) is 6.92 Å². The number of fused-ring (bicyclic) bond motifs is 3. The quantitative estimate of drug-likeness (QED) is 0.841. The summed E-state index contributed by atoms with van der Waals surface area (Å²) in [6.45, 7) is 2.64. The molecule has 0 unspecified atom stereocenters. The fraction of sp³-hybridized carbons (Fsp3) is 0.615. The Balaban J connectivity index is 2.19. The Morgan fingerprint density at radius 2 is 1.79 bits per heavy atom. The molecule has 3 rings (SSSR count). The van der Waals surface area contributed by atoms with Crippen LogP contribution in [-0.4, -0.2) is 31.2 Å². The molecule has 0 aromatic carbocycles. The lowest BCUT2D eigenvalue weighted by atomic mass is 9.88. The van der Waals surface area contributed by atoms with Crippen LogP contribution in [0, 0.1) is 0 Å².